The standard InChI is InChI=1S/C7H9NOS/c1-5(7(8)9)6-3-2-4-10-6/h2-5H,1H3,(H2,8,9). The molecular formula is C7H9NOS. The average Bonchev–Trinajstić information content (AvgIpc) is 2.36. The van der Waals surface area contributed by atoms with Crippen molar-refractivity contribution in [2.24, 2.45) is 5.73 Å². The van der Waals surface area contributed by atoms with E-state index in [1.54, 1.807) is 11.3 Å². The number of amides is 1. The number of hydrogen-bond donors (Lipinski definition) is 1. The van der Waals surface area contributed by atoms with Crippen LogP contribution in [0.1, 0.15) is 17.7 Å². The summed E-state index contributed by atoms with van der Waals surface area (Å²) in [5, 5.41) is 1.94. The maximum absolute atomic E-state index is 10.6. The van der Waals surface area contributed by atoms with Crippen LogP contribution in [-0.2, 0) is 4.79 Å². The minimum absolute atomic E-state index is 0.139. The van der Waals surface area contributed by atoms with Crippen molar-refractivity contribution in [1.29, 1.82) is 0 Å². The third kappa shape index (κ3) is 1.36. The summed E-state index contributed by atoms with van der Waals surface area (Å²) in [5.74, 6) is -0.401. The van der Waals surface area contributed by atoms with E-state index in [0.717, 1.165) is 4.88 Å². The molecule has 0 saturated heterocycles. The Labute approximate surface area is 63.7 Å². The molecule has 10 heavy (non-hydrogen) atoms. The number of thiophene rings is 1. The third-order valence-corrected chi connectivity index (χ3v) is 2.45. The zero-order valence-electron chi connectivity index (χ0n) is 5.70. The predicted octanol–water partition coefficient (Wildman–Crippen LogP) is 1.34. The van der Waals surface area contributed by atoms with E-state index in [1.165, 1.54) is 0 Å². The summed E-state index contributed by atoms with van der Waals surface area (Å²) in [6.07, 6.45) is 0. The lowest BCUT2D eigenvalue weighted by atomic mass is 10.1. The van der Waals surface area contributed by atoms with Gasteiger partial charge in [0, 0.05) is 4.88 Å². The van der Waals surface area contributed by atoms with Crippen molar-refractivity contribution in [3.05, 3.63) is 22.4 Å². The number of nitrogens with two attached hydrogens (primary N) is 1. The zero-order chi connectivity index (χ0) is 7.56. The smallest absolute Gasteiger partial charge is 0.225 e. The van der Waals surface area contributed by atoms with Gasteiger partial charge < -0.3 is 5.73 Å². The summed E-state index contributed by atoms with van der Waals surface area (Å²) in [7, 11) is 0. The van der Waals surface area contributed by atoms with Crippen LogP contribution >= 0.6 is 11.3 Å². The topological polar surface area (TPSA) is 43.1 Å². The fourth-order valence-corrected chi connectivity index (χ4v) is 1.47. The highest BCUT2D eigenvalue weighted by atomic mass is 32.1. The van der Waals surface area contributed by atoms with Gasteiger partial charge >= 0.3 is 0 Å². The molecule has 0 radical (unpaired) electrons. The minimum Gasteiger partial charge on any atom is -0.369 e. The van der Waals surface area contributed by atoms with Gasteiger partial charge in [-0.05, 0) is 18.4 Å². The SMILES string of the molecule is CC(C(N)=O)c1cccs1. The van der Waals surface area contributed by atoms with Crippen LogP contribution in [0.15, 0.2) is 17.5 Å². The molecule has 2 nitrogen and oxygen atoms in total. The van der Waals surface area contributed by atoms with Gasteiger partial charge in [-0.15, -0.1) is 11.3 Å². The first kappa shape index (κ1) is 7.28. The highest BCUT2D eigenvalue weighted by molar-refractivity contribution is 7.10. The Hall–Kier alpha value is -0.830. The number of hydrogen-bond acceptors (Lipinski definition) is 2. The molecule has 0 aliphatic rings. The molecule has 0 spiro atoms. The molecule has 1 aromatic rings. The molecular weight excluding hydrogens is 146 g/mol. The fourth-order valence-electron chi connectivity index (χ4n) is 0.678. The van der Waals surface area contributed by atoms with Gasteiger partial charge in [-0.1, -0.05) is 6.07 Å². The first-order valence-corrected chi connectivity index (χ1v) is 3.92. The number of carbonyl (C=O) groups is 1. The van der Waals surface area contributed by atoms with Crippen LogP contribution < -0.4 is 5.73 Å². The fraction of sp³-hybridized carbons (Fsp3) is 0.286. The Balaban J connectivity index is 2.77. The second-order valence-electron chi connectivity index (χ2n) is 2.14. The monoisotopic (exact) mass is 155 g/mol. The molecule has 1 rings (SSSR count). The van der Waals surface area contributed by atoms with Gasteiger partial charge in [0.2, 0.25) is 5.91 Å². The summed E-state index contributed by atoms with van der Waals surface area (Å²) in [5.41, 5.74) is 5.09. The van der Waals surface area contributed by atoms with Gasteiger partial charge in [-0.25, -0.2) is 0 Å². The van der Waals surface area contributed by atoms with E-state index < -0.39 is 0 Å². The Morgan fingerprint density at radius 1 is 1.80 bits per heavy atom. The molecule has 0 fully saturated rings. The highest BCUT2D eigenvalue weighted by Gasteiger charge is 2.11. The Morgan fingerprint density at radius 3 is 2.90 bits per heavy atom. The molecule has 0 bridgehead atoms. The lowest BCUT2D eigenvalue weighted by molar-refractivity contribution is -0.119. The molecule has 2 N–H and O–H groups in total. The molecule has 54 valence electrons. The van der Waals surface area contributed by atoms with Gasteiger partial charge in [0.1, 0.15) is 0 Å². The third-order valence-electron chi connectivity index (χ3n) is 1.40. The summed E-state index contributed by atoms with van der Waals surface area (Å²) >= 11 is 1.56. The van der Waals surface area contributed by atoms with Crippen LogP contribution in [0.5, 0.6) is 0 Å². The molecule has 1 atom stereocenters. The normalized spacial score (nSPS) is 12.9. The van der Waals surface area contributed by atoms with Crippen molar-refractivity contribution in [3.63, 3.8) is 0 Å². The molecule has 0 aromatic carbocycles. The zero-order valence-corrected chi connectivity index (χ0v) is 6.52. The number of primary amides is 1. The summed E-state index contributed by atoms with van der Waals surface area (Å²) in [6.45, 7) is 1.81. The molecule has 0 aliphatic carbocycles. The van der Waals surface area contributed by atoms with Crippen LogP contribution in [0.2, 0.25) is 0 Å². The summed E-state index contributed by atoms with van der Waals surface area (Å²) in [4.78, 5) is 11.7. The quantitative estimate of drug-likeness (QED) is 0.688. The molecule has 1 amide bonds. The predicted molar refractivity (Wildman–Crippen MR) is 41.9 cm³/mol. The van der Waals surface area contributed by atoms with Crippen LogP contribution in [0.3, 0.4) is 0 Å². The van der Waals surface area contributed by atoms with E-state index in [9.17, 15) is 4.79 Å². The molecule has 1 unspecified atom stereocenters. The lowest BCUT2D eigenvalue weighted by Crippen LogP contribution is -2.17. The Morgan fingerprint density at radius 2 is 2.50 bits per heavy atom. The van der Waals surface area contributed by atoms with Gasteiger partial charge in [-0.2, -0.15) is 0 Å². The van der Waals surface area contributed by atoms with Gasteiger partial charge in [-0.3, -0.25) is 4.79 Å². The largest absolute Gasteiger partial charge is 0.369 e. The lowest BCUT2D eigenvalue weighted by Gasteiger charge is -2.01. The molecule has 3 heteroatoms. The van der Waals surface area contributed by atoms with Crippen molar-refractivity contribution in [2.45, 2.75) is 12.8 Å². The van der Waals surface area contributed by atoms with Crippen molar-refractivity contribution in [1.82, 2.24) is 0 Å². The molecule has 1 heterocycles. The summed E-state index contributed by atoms with van der Waals surface area (Å²) < 4.78 is 0. The Kier molecular flexibility index (Phi) is 2.06. The van der Waals surface area contributed by atoms with E-state index in [1.807, 2.05) is 24.4 Å². The number of carbonyl (C=O) groups excluding carboxylic acids is 1. The van der Waals surface area contributed by atoms with E-state index >= 15 is 0 Å². The van der Waals surface area contributed by atoms with Crippen LogP contribution in [0.4, 0.5) is 0 Å². The first-order chi connectivity index (χ1) is 4.72. The van der Waals surface area contributed by atoms with Gasteiger partial charge in [0.25, 0.3) is 0 Å². The minimum atomic E-state index is -0.262. The van der Waals surface area contributed by atoms with Gasteiger partial charge in [0.15, 0.2) is 0 Å². The van der Waals surface area contributed by atoms with E-state index in [0.29, 0.717) is 0 Å². The van der Waals surface area contributed by atoms with E-state index in [4.69, 9.17) is 5.73 Å². The average molecular weight is 155 g/mol. The van der Waals surface area contributed by atoms with Crippen LogP contribution in [0, 0.1) is 0 Å². The maximum Gasteiger partial charge on any atom is 0.225 e. The first-order valence-electron chi connectivity index (χ1n) is 3.04. The van der Waals surface area contributed by atoms with E-state index in [2.05, 4.69) is 0 Å². The van der Waals surface area contributed by atoms with Crippen LogP contribution in [-0.4, -0.2) is 5.91 Å². The summed E-state index contributed by atoms with van der Waals surface area (Å²) in [6, 6.07) is 3.83. The highest BCUT2D eigenvalue weighted by Crippen LogP contribution is 2.19. The second kappa shape index (κ2) is 2.84. The second-order valence-corrected chi connectivity index (χ2v) is 3.12. The maximum atomic E-state index is 10.6. The number of rotatable bonds is 2. The van der Waals surface area contributed by atoms with E-state index in [-0.39, 0.29) is 11.8 Å². The molecule has 1 aromatic heterocycles. The van der Waals surface area contributed by atoms with Crippen molar-refractivity contribution < 1.29 is 4.79 Å². The van der Waals surface area contributed by atoms with Gasteiger partial charge in [0.05, 0.1) is 5.92 Å². The van der Waals surface area contributed by atoms with Crippen molar-refractivity contribution in [3.8, 4) is 0 Å². The molecule has 0 saturated carbocycles. The van der Waals surface area contributed by atoms with Crippen molar-refractivity contribution >= 4 is 17.2 Å². The van der Waals surface area contributed by atoms with Crippen molar-refractivity contribution in [2.75, 3.05) is 0 Å². The van der Waals surface area contributed by atoms with Crippen LogP contribution in [0.25, 0.3) is 0 Å². The molecule has 0 aliphatic heterocycles. The Bertz CT molecular complexity index is 218.